The van der Waals surface area contributed by atoms with Crippen LogP contribution in [0.1, 0.15) is 92.7 Å². The largest absolute Gasteiger partial charge is 0.399 e. The zero-order valence-corrected chi connectivity index (χ0v) is 42.1. The van der Waals surface area contributed by atoms with Gasteiger partial charge < -0.3 is 24.3 Å². The van der Waals surface area contributed by atoms with Gasteiger partial charge in [0.15, 0.2) is 0 Å². The van der Waals surface area contributed by atoms with Crippen LogP contribution in [0.5, 0.6) is 0 Å². The number of non-ortho nitro benzene ring substituents is 1. The maximum Gasteiger partial charge on any atom is 0.269 e. The molecule has 0 saturated carbocycles. The van der Waals surface area contributed by atoms with Crippen molar-refractivity contribution in [1.82, 2.24) is 19.1 Å². The Balaban J connectivity index is 0.000000202. The van der Waals surface area contributed by atoms with E-state index < -0.39 is 25.0 Å². The molecule has 16 nitrogen and oxygen atoms in total. The minimum absolute atomic E-state index is 0.00507. The molecule has 6 aromatic rings. The molecule has 2 N–H and O–H groups in total. The van der Waals surface area contributed by atoms with Crippen LogP contribution in [0, 0.1) is 22.0 Å². The van der Waals surface area contributed by atoms with E-state index in [1.807, 2.05) is 43.3 Å². The highest BCUT2D eigenvalue weighted by Gasteiger charge is 2.30. The highest BCUT2D eigenvalue weighted by atomic mass is 32.2. The SMILES string of the molecule is CCN(c1ccc2c(c1)nc(C(C)(C)C)n2CC1CCOCC1)S(=O)(=O)c1ccc(N)cc1.CCN(c1ccc2c(c1)nc(C(C)(C)C)n2CC1CCOCC1)S(=O)(=O)c1ccc([N+](=O)[O-])cc1. The number of hydrogen-bond acceptors (Lipinski definition) is 11. The van der Waals surface area contributed by atoms with Crippen LogP contribution in [0.25, 0.3) is 22.1 Å². The monoisotopic (exact) mass is 970 g/mol. The average molecular weight is 971 g/mol. The second kappa shape index (κ2) is 20.2. The molecule has 2 aromatic heterocycles. The number of rotatable bonds is 13. The second-order valence-corrected chi connectivity index (χ2v) is 23.4. The third kappa shape index (κ3) is 10.8. The van der Waals surface area contributed by atoms with Gasteiger partial charge in [-0.1, -0.05) is 41.5 Å². The molecule has 2 saturated heterocycles. The quantitative estimate of drug-likeness (QED) is 0.0657. The van der Waals surface area contributed by atoms with Crippen LogP contribution in [-0.4, -0.2) is 80.4 Å². The van der Waals surface area contributed by atoms with Gasteiger partial charge in [-0.3, -0.25) is 18.7 Å². The summed E-state index contributed by atoms with van der Waals surface area (Å²) in [6, 6.07) is 22.6. The van der Waals surface area contributed by atoms with Crippen LogP contribution >= 0.6 is 0 Å². The molecule has 0 bridgehead atoms. The van der Waals surface area contributed by atoms with Crippen LogP contribution in [0.3, 0.4) is 0 Å². The number of nitrogens with zero attached hydrogens (tertiary/aromatic N) is 7. The molecule has 8 rings (SSSR count). The van der Waals surface area contributed by atoms with E-state index in [1.165, 1.54) is 32.9 Å². The molecule has 2 fully saturated rings. The van der Waals surface area contributed by atoms with E-state index in [9.17, 15) is 26.9 Å². The fourth-order valence-corrected chi connectivity index (χ4v) is 12.0. The molecule has 18 heteroatoms. The number of anilines is 3. The van der Waals surface area contributed by atoms with Crippen molar-refractivity contribution in [2.45, 2.75) is 115 Å². The summed E-state index contributed by atoms with van der Waals surface area (Å²) in [6.07, 6.45) is 4.12. The van der Waals surface area contributed by atoms with Gasteiger partial charge in [0.2, 0.25) is 0 Å². The average Bonchev–Trinajstić information content (AvgIpc) is 3.86. The molecule has 0 unspecified atom stereocenters. The summed E-state index contributed by atoms with van der Waals surface area (Å²) in [5.41, 5.74) is 10.5. The second-order valence-electron chi connectivity index (χ2n) is 19.7. The summed E-state index contributed by atoms with van der Waals surface area (Å²) in [6.45, 7) is 21.9. The fourth-order valence-electron chi connectivity index (χ4n) is 9.05. The van der Waals surface area contributed by atoms with Crippen molar-refractivity contribution < 1.29 is 31.2 Å². The number of nitro groups is 1. The molecule has 366 valence electrons. The highest BCUT2D eigenvalue weighted by molar-refractivity contribution is 7.93. The summed E-state index contributed by atoms with van der Waals surface area (Å²) in [5.74, 6) is 3.05. The Morgan fingerprint density at radius 3 is 1.34 bits per heavy atom. The predicted octanol–water partition coefficient (Wildman–Crippen LogP) is 9.44. The lowest BCUT2D eigenvalue weighted by Crippen LogP contribution is -2.30. The van der Waals surface area contributed by atoms with Gasteiger partial charge in [-0.2, -0.15) is 0 Å². The first-order valence-corrected chi connectivity index (χ1v) is 26.3. The Bertz CT molecular complexity index is 2940. The van der Waals surface area contributed by atoms with Gasteiger partial charge in [0, 0.05) is 81.3 Å². The fraction of sp³-hybridized carbons (Fsp3) is 0.480. The van der Waals surface area contributed by atoms with Crippen LogP contribution in [0.2, 0.25) is 0 Å². The third-order valence-corrected chi connectivity index (χ3v) is 16.5. The number of aromatic nitrogens is 4. The minimum atomic E-state index is -3.91. The zero-order chi connectivity index (χ0) is 49.2. The lowest BCUT2D eigenvalue weighted by atomic mass is 9.94. The van der Waals surface area contributed by atoms with Gasteiger partial charge in [-0.05, 0) is 124 Å². The van der Waals surface area contributed by atoms with Crippen molar-refractivity contribution in [2.24, 2.45) is 11.8 Å². The van der Waals surface area contributed by atoms with Crippen molar-refractivity contribution >= 4 is 64.9 Å². The molecule has 0 aliphatic carbocycles. The molecule has 0 atom stereocenters. The molecule has 0 radical (unpaired) electrons. The first kappa shape index (κ1) is 50.3. The molecule has 4 heterocycles. The van der Waals surface area contributed by atoms with Gasteiger partial charge in [-0.25, -0.2) is 26.8 Å². The van der Waals surface area contributed by atoms with Crippen LogP contribution in [-0.2, 0) is 53.4 Å². The van der Waals surface area contributed by atoms with Gasteiger partial charge in [-0.15, -0.1) is 0 Å². The van der Waals surface area contributed by atoms with Gasteiger partial charge in [0.25, 0.3) is 25.7 Å². The van der Waals surface area contributed by atoms with Gasteiger partial charge in [0.05, 0.1) is 48.2 Å². The Morgan fingerprint density at radius 2 is 1.00 bits per heavy atom. The molecular weight excluding hydrogens is 905 g/mol. The van der Waals surface area contributed by atoms with Crippen molar-refractivity contribution in [2.75, 3.05) is 53.9 Å². The van der Waals surface area contributed by atoms with Crippen LogP contribution < -0.4 is 14.3 Å². The van der Waals surface area contributed by atoms with Crippen LogP contribution in [0.4, 0.5) is 22.7 Å². The number of nitrogen functional groups attached to an aromatic ring is 1. The smallest absolute Gasteiger partial charge is 0.269 e. The standard InChI is InChI=1S/C25H32N4O5S.C25H34N4O3S/c1-5-28(35(32,33)21-9-6-19(7-10-21)29(30)31)20-8-11-23-22(16-20)26-24(25(2,3)4)27(23)17-18-12-14-34-15-13-18;1-5-29(33(30,31)21-9-6-19(26)7-10-21)20-8-11-23-22(16-20)27-24(25(2,3)4)28(23)17-18-12-14-32-15-13-18/h6-11,16,18H,5,12-15,17H2,1-4H3;6-11,16,18H,5,12-15,17,26H2,1-4H3. The molecular formula is C50H66N8O8S2. The molecule has 4 aromatic carbocycles. The number of hydrogen-bond donors (Lipinski definition) is 1. The lowest BCUT2D eigenvalue weighted by Gasteiger charge is -2.26. The van der Waals surface area contributed by atoms with E-state index in [1.54, 1.807) is 31.2 Å². The maximum absolute atomic E-state index is 13.4. The topological polar surface area (TPSA) is 198 Å². The van der Waals surface area contributed by atoms with Crippen LogP contribution in [0.15, 0.2) is 94.7 Å². The number of benzene rings is 4. The number of sulfonamides is 2. The number of nitro benzene ring substituents is 1. The number of fused-ring (bicyclic) bond motifs is 2. The van der Waals surface area contributed by atoms with Gasteiger partial charge >= 0.3 is 0 Å². The first-order chi connectivity index (χ1) is 32.1. The number of nitrogens with two attached hydrogens (primary N) is 1. The maximum atomic E-state index is 13.4. The van der Waals surface area contributed by atoms with Gasteiger partial charge in [0.1, 0.15) is 11.6 Å². The first-order valence-electron chi connectivity index (χ1n) is 23.5. The molecule has 2 aliphatic rings. The molecule has 2 aliphatic heterocycles. The van der Waals surface area contributed by atoms with E-state index in [2.05, 4.69) is 50.7 Å². The summed E-state index contributed by atoms with van der Waals surface area (Å²) in [4.78, 5) is 20.6. The van der Waals surface area contributed by atoms with E-state index in [0.29, 0.717) is 35.4 Å². The highest BCUT2D eigenvalue weighted by Crippen LogP contribution is 2.35. The summed E-state index contributed by atoms with van der Waals surface area (Å²) in [5, 5.41) is 11.0. The Kier molecular flexibility index (Phi) is 14.9. The number of ether oxygens (including phenoxy) is 2. The summed E-state index contributed by atoms with van der Waals surface area (Å²) < 4.78 is 71.9. The molecule has 0 amide bonds. The molecule has 0 spiro atoms. The number of imidazole rings is 2. The van der Waals surface area contributed by atoms with E-state index >= 15 is 0 Å². The zero-order valence-electron chi connectivity index (χ0n) is 40.5. The van der Waals surface area contributed by atoms with E-state index in [0.717, 1.165) is 98.9 Å². The Morgan fingerprint density at radius 1 is 0.632 bits per heavy atom. The normalized spacial score (nSPS) is 15.6. The summed E-state index contributed by atoms with van der Waals surface area (Å²) >= 11 is 0. The Labute approximate surface area is 400 Å². The molecule has 68 heavy (non-hydrogen) atoms. The predicted molar refractivity (Wildman–Crippen MR) is 268 cm³/mol. The van der Waals surface area contributed by atoms with Crippen molar-refractivity contribution in [1.29, 1.82) is 0 Å². The lowest BCUT2D eigenvalue weighted by molar-refractivity contribution is -0.384. The van der Waals surface area contributed by atoms with Crippen molar-refractivity contribution in [3.05, 3.63) is 107 Å². The van der Waals surface area contributed by atoms with Crippen molar-refractivity contribution in [3.63, 3.8) is 0 Å². The van der Waals surface area contributed by atoms with E-state index in [-0.39, 0.29) is 32.9 Å². The third-order valence-electron chi connectivity index (χ3n) is 12.6. The van der Waals surface area contributed by atoms with Crippen molar-refractivity contribution in [3.8, 4) is 0 Å². The summed E-state index contributed by atoms with van der Waals surface area (Å²) in [7, 11) is -7.62. The minimum Gasteiger partial charge on any atom is -0.399 e. The Hall–Kier alpha value is -5.56. The van der Waals surface area contributed by atoms with E-state index in [4.69, 9.17) is 25.2 Å².